The largest absolute Gasteiger partial charge is 0.399 e. The van der Waals surface area contributed by atoms with Crippen molar-refractivity contribution in [3.63, 3.8) is 0 Å². The maximum Gasteiger partial charge on any atom is 0.0345 e. The zero-order valence-corrected chi connectivity index (χ0v) is 9.73. The number of thiol groups is 1. The van der Waals surface area contributed by atoms with Gasteiger partial charge in [0.2, 0.25) is 0 Å². The van der Waals surface area contributed by atoms with Crippen molar-refractivity contribution in [1.82, 2.24) is 0 Å². The van der Waals surface area contributed by atoms with Crippen LogP contribution in [0.1, 0.15) is 19.4 Å². The van der Waals surface area contributed by atoms with Gasteiger partial charge in [-0.1, -0.05) is 13.8 Å². The Morgan fingerprint density at radius 3 is 1.85 bits per heavy atom. The van der Waals surface area contributed by atoms with Crippen LogP contribution < -0.4 is 11.5 Å². The molecule has 0 amide bonds. The lowest BCUT2D eigenvalue weighted by Crippen LogP contribution is -1.91. The molecule has 0 fully saturated rings. The molecule has 0 aromatic heterocycles. The third kappa shape index (κ3) is 6.34. The smallest absolute Gasteiger partial charge is 0.0345 e. The Balaban J connectivity index is 0. The summed E-state index contributed by atoms with van der Waals surface area (Å²) in [5.41, 5.74) is 13.6. The van der Waals surface area contributed by atoms with Crippen LogP contribution in [0, 0.1) is 6.92 Å². The normalized spacial score (nSPS) is 7.46. The van der Waals surface area contributed by atoms with Crippen molar-refractivity contribution < 1.29 is 0 Å². The van der Waals surface area contributed by atoms with Gasteiger partial charge >= 0.3 is 0 Å². The van der Waals surface area contributed by atoms with Gasteiger partial charge in [0.1, 0.15) is 0 Å². The van der Waals surface area contributed by atoms with Gasteiger partial charge in [-0.05, 0) is 36.9 Å². The molecule has 0 aliphatic rings. The molecular formula is C10H20N2S. The number of hydrogen-bond donors (Lipinski definition) is 3. The first kappa shape index (κ1) is 14.7. The van der Waals surface area contributed by atoms with Gasteiger partial charge in [0, 0.05) is 11.4 Å². The molecule has 0 bridgehead atoms. The molecule has 0 aliphatic heterocycles. The molecule has 0 aliphatic carbocycles. The molecule has 0 saturated heterocycles. The maximum atomic E-state index is 5.53. The first-order valence-corrected chi connectivity index (χ1v) is 5.16. The third-order valence-electron chi connectivity index (χ3n) is 1.29. The molecule has 0 spiro atoms. The van der Waals surface area contributed by atoms with Crippen LogP contribution in [0.2, 0.25) is 0 Å². The Morgan fingerprint density at radius 2 is 1.54 bits per heavy atom. The zero-order valence-electron chi connectivity index (χ0n) is 8.83. The van der Waals surface area contributed by atoms with Crippen molar-refractivity contribution in [3.05, 3.63) is 23.8 Å². The maximum absolute atomic E-state index is 5.53. The topological polar surface area (TPSA) is 52.0 Å². The summed E-state index contributed by atoms with van der Waals surface area (Å²) >= 11 is 3.53. The number of rotatable bonds is 0. The van der Waals surface area contributed by atoms with E-state index in [1.807, 2.05) is 32.9 Å². The number of benzene rings is 1. The molecule has 0 radical (unpaired) electrons. The SMILES string of the molecule is CC.CS.Cc1cc(N)ccc1N. The van der Waals surface area contributed by atoms with Crippen LogP contribution in [0.15, 0.2) is 18.2 Å². The molecule has 1 aromatic rings. The van der Waals surface area contributed by atoms with Gasteiger partial charge in [0.05, 0.1) is 0 Å². The lowest BCUT2D eigenvalue weighted by Gasteiger charge is -1.98. The van der Waals surface area contributed by atoms with E-state index in [-0.39, 0.29) is 0 Å². The Kier molecular flexibility index (Phi) is 10.5. The predicted octanol–water partition coefficient (Wildman–Crippen LogP) is 2.73. The third-order valence-corrected chi connectivity index (χ3v) is 1.29. The van der Waals surface area contributed by atoms with Crippen LogP contribution >= 0.6 is 12.6 Å². The van der Waals surface area contributed by atoms with E-state index in [4.69, 9.17) is 11.5 Å². The van der Waals surface area contributed by atoms with E-state index in [1.165, 1.54) is 0 Å². The van der Waals surface area contributed by atoms with Gasteiger partial charge in [-0.25, -0.2) is 0 Å². The van der Waals surface area contributed by atoms with Gasteiger partial charge in [-0.15, -0.1) is 0 Å². The minimum atomic E-state index is 0.765. The molecule has 0 saturated carbocycles. The monoisotopic (exact) mass is 200 g/mol. The highest BCUT2D eigenvalue weighted by Gasteiger charge is 1.90. The minimum Gasteiger partial charge on any atom is -0.399 e. The zero-order chi connectivity index (χ0) is 10.9. The number of nitrogen functional groups attached to an aromatic ring is 2. The molecule has 4 N–H and O–H groups in total. The highest BCUT2D eigenvalue weighted by molar-refractivity contribution is 7.79. The highest BCUT2D eigenvalue weighted by Crippen LogP contribution is 2.12. The summed E-state index contributed by atoms with van der Waals surface area (Å²) in [7, 11) is 0. The van der Waals surface area contributed by atoms with E-state index in [9.17, 15) is 0 Å². The van der Waals surface area contributed by atoms with E-state index in [0.29, 0.717) is 0 Å². The van der Waals surface area contributed by atoms with E-state index in [2.05, 4.69) is 12.6 Å². The van der Waals surface area contributed by atoms with Crippen molar-refractivity contribution in [2.45, 2.75) is 20.8 Å². The molecule has 0 heterocycles. The standard InChI is InChI=1S/C7H10N2.C2H6.CH4S/c1-5-4-6(8)2-3-7(5)9;2*1-2/h2-4H,8-9H2,1H3;1-2H3;2H,1H3. The molecule has 1 rings (SSSR count). The molecular weight excluding hydrogens is 180 g/mol. The van der Waals surface area contributed by atoms with Crippen molar-refractivity contribution in [1.29, 1.82) is 0 Å². The van der Waals surface area contributed by atoms with Gasteiger partial charge in [0.15, 0.2) is 0 Å². The Labute approximate surface area is 86.7 Å². The summed E-state index contributed by atoms with van der Waals surface area (Å²) in [5.74, 6) is 0. The molecule has 3 heteroatoms. The quantitative estimate of drug-likeness (QED) is 0.445. The van der Waals surface area contributed by atoms with Crippen LogP contribution in [0.25, 0.3) is 0 Å². The highest BCUT2D eigenvalue weighted by atomic mass is 32.1. The molecule has 76 valence electrons. The van der Waals surface area contributed by atoms with Crippen LogP contribution in [0.3, 0.4) is 0 Å². The Hall–Kier alpha value is -0.830. The summed E-state index contributed by atoms with van der Waals surface area (Å²) in [6.45, 7) is 5.94. The Bertz CT molecular complexity index is 224. The lowest BCUT2D eigenvalue weighted by molar-refractivity contribution is 1.47. The summed E-state index contributed by atoms with van der Waals surface area (Å²) < 4.78 is 0. The molecule has 2 nitrogen and oxygen atoms in total. The first-order chi connectivity index (χ1) is 6.20. The summed E-state index contributed by atoms with van der Waals surface area (Å²) in [5, 5.41) is 0. The second-order valence-corrected chi connectivity index (χ2v) is 2.12. The average molecular weight is 200 g/mol. The second-order valence-electron chi connectivity index (χ2n) is 2.12. The van der Waals surface area contributed by atoms with Crippen molar-refractivity contribution in [2.24, 2.45) is 0 Å². The fourth-order valence-electron chi connectivity index (χ4n) is 0.699. The fraction of sp³-hybridized carbons (Fsp3) is 0.400. The predicted molar refractivity (Wildman–Crippen MR) is 66.3 cm³/mol. The Morgan fingerprint density at radius 1 is 1.08 bits per heavy atom. The van der Waals surface area contributed by atoms with Crippen LogP contribution in [0.5, 0.6) is 0 Å². The van der Waals surface area contributed by atoms with Crippen molar-refractivity contribution >= 4 is 24.0 Å². The average Bonchev–Trinajstić information content (AvgIpc) is 2.18. The van der Waals surface area contributed by atoms with Gasteiger partial charge in [0.25, 0.3) is 0 Å². The number of aryl methyl sites for hydroxylation is 1. The number of anilines is 2. The fourth-order valence-corrected chi connectivity index (χ4v) is 0.699. The summed E-state index contributed by atoms with van der Waals surface area (Å²) in [6, 6.07) is 5.46. The minimum absolute atomic E-state index is 0.765. The van der Waals surface area contributed by atoms with Crippen molar-refractivity contribution in [3.8, 4) is 0 Å². The molecule has 0 atom stereocenters. The van der Waals surface area contributed by atoms with E-state index in [1.54, 1.807) is 12.3 Å². The van der Waals surface area contributed by atoms with Crippen LogP contribution in [0.4, 0.5) is 11.4 Å². The van der Waals surface area contributed by atoms with Gasteiger partial charge in [-0.3, -0.25) is 0 Å². The lowest BCUT2D eigenvalue weighted by atomic mass is 10.2. The van der Waals surface area contributed by atoms with E-state index in [0.717, 1.165) is 16.9 Å². The summed E-state index contributed by atoms with van der Waals surface area (Å²) in [6.07, 6.45) is 1.69. The van der Waals surface area contributed by atoms with Crippen LogP contribution in [-0.2, 0) is 0 Å². The van der Waals surface area contributed by atoms with Crippen LogP contribution in [-0.4, -0.2) is 6.26 Å². The molecule has 1 aromatic carbocycles. The summed E-state index contributed by atoms with van der Waals surface area (Å²) in [4.78, 5) is 0. The molecule has 0 unspecified atom stereocenters. The van der Waals surface area contributed by atoms with E-state index < -0.39 is 0 Å². The first-order valence-electron chi connectivity index (χ1n) is 4.26. The molecule has 13 heavy (non-hydrogen) atoms. The number of hydrogen-bond acceptors (Lipinski definition) is 3. The second kappa shape index (κ2) is 9.26. The van der Waals surface area contributed by atoms with E-state index >= 15 is 0 Å². The van der Waals surface area contributed by atoms with Gasteiger partial charge in [-0.2, -0.15) is 12.6 Å². The van der Waals surface area contributed by atoms with Gasteiger partial charge < -0.3 is 11.5 Å². The van der Waals surface area contributed by atoms with Crippen molar-refractivity contribution in [2.75, 3.05) is 17.7 Å². The number of nitrogens with two attached hydrogens (primary N) is 2.